The Labute approximate surface area is 176 Å². The van der Waals surface area contributed by atoms with E-state index in [0.717, 1.165) is 41.0 Å². The van der Waals surface area contributed by atoms with Crippen LogP contribution >= 0.6 is 11.3 Å². The van der Waals surface area contributed by atoms with E-state index in [1.807, 2.05) is 10.6 Å². The van der Waals surface area contributed by atoms with Crippen LogP contribution in [0.4, 0.5) is 4.39 Å². The summed E-state index contributed by atoms with van der Waals surface area (Å²) in [5, 5.41) is 20.0. The first-order chi connectivity index (χ1) is 14.3. The van der Waals surface area contributed by atoms with E-state index in [0.29, 0.717) is 23.1 Å². The van der Waals surface area contributed by atoms with Crippen molar-refractivity contribution in [2.24, 2.45) is 0 Å². The highest BCUT2D eigenvalue weighted by atomic mass is 32.1. The number of rotatable bonds is 3. The van der Waals surface area contributed by atoms with Crippen LogP contribution in [-0.2, 0) is 6.42 Å². The molecule has 3 aromatic rings. The minimum atomic E-state index is -1.29. The van der Waals surface area contributed by atoms with E-state index in [4.69, 9.17) is 0 Å². The molecular weight excluding hydrogens is 405 g/mol. The van der Waals surface area contributed by atoms with Gasteiger partial charge < -0.3 is 14.8 Å². The Kier molecular flexibility index (Phi) is 4.38. The molecule has 2 N–H and O–H groups in total. The molecule has 1 fully saturated rings. The Balaban J connectivity index is 1.86. The number of nitrogens with zero attached hydrogens (tertiary/aromatic N) is 1. The van der Waals surface area contributed by atoms with Crippen LogP contribution in [0, 0.1) is 19.7 Å². The molecule has 5 nitrogen and oxygen atoms in total. The van der Waals surface area contributed by atoms with Crippen LogP contribution in [0.3, 0.4) is 0 Å². The lowest BCUT2D eigenvalue weighted by Crippen LogP contribution is -2.21. The van der Waals surface area contributed by atoms with Gasteiger partial charge >= 0.3 is 5.97 Å². The second kappa shape index (κ2) is 6.75. The van der Waals surface area contributed by atoms with E-state index in [2.05, 4.69) is 0 Å². The van der Waals surface area contributed by atoms with Crippen LogP contribution in [0.1, 0.15) is 69.8 Å². The van der Waals surface area contributed by atoms with Crippen molar-refractivity contribution in [2.45, 2.75) is 58.1 Å². The summed E-state index contributed by atoms with van der Waals surface area (Å²) in [4.78, 5) is 26.2. The summed E-state index contributed by atoms with van der Waals surface area (Å²) < 4.78 is 17.5. The molecule has 2 aliphatic carbocycles. The number of aromatic nitrogens is 1. The zero-order chi connectivity index (χ0) is 21.3. The molecule has 1 aromatic carbocycles. The highest BCUT2D eigenvalue weighted by Crippen LogP contribution is 2.45. The highest BCUT2D eigenvalue weighted by Gasteiger charge is 2.31. The third-order valence-corrected chi connectivity index (χ3v) is 7.67. The molecule has 156 valence electrons. The summed E-state index contributed by atoms with van der Waals surface area (Å²) in [6, 6.07) is 2.09. The average molecular weight is 427 g/mol. The topological polar surface area (TPSA) is 79.5 Å². The molecule has 5 rings (SSSR count). The molecule has 0 radical (unpaired) electrons. The van der Waals surface area contributed by atoms with Crippen molar-refractivity contribution in [2.75, 3.05) is 0 Å². The number of carboxylic acid groups (broad SMARTS) is 1. The van der Waals surface area contributed by atoms with E-state index in [-0.39, 0.29) is 22.6 Å². The summed E-state index contributed by atoms with van der Waals surface area (Å²) in [5.41, 5.74) is 1.99. The molecule has 1 unspecified atom stereocenters. The van der Waals surface area contributed by atoms with E-state index < -0.39 is 23.3 Å². The van der Waals surface area contributed by atoms with Crippen molar-refractivity contribution in [3.8, 4) is 10.4 Å². The van der Waals surface area contributed by atoms with Crippen LogP contribution in [0.2, 0.25) is 0 Å². The Morgan fingerprint density at radius 3 is 2.60 bits per heavy atom. The Morgan fingerprint density at radius 1 is 1.23 bits per heavy atom. The summed E-state index contributed by atoms with van der Waals surface area (Å²) in [6.07, 6.45) is 5.20. The van der Waals surface area contributed by atoms with Crippen LogP contribution in [-0.4, -0.2) is 20.7 Å². The largest absolute Gasteiger partial charge is 0.477 e. The number of hydrogen-bond acceptors (Lipinski definition) is 4. The first-order valence-electron chi connectivity index (χ1n) is 10.2. The van der Waals surface area contributed by atoms with Gasteiger partial charge in [-0.3, -0.25) is 4.79 Å². The van der Waals surface area contributed by atoms with E-state index >= 15 is 4.39 Å². The maximum Gasteiger partial charge on any atom is 0.341 e. The maximum atomic E-state index is 15.6. The third-order valence-electron chi connectivity index (χ3n) is 6.37. The predicted molar refractivity (Wildman–Crippen MR) is 114 cm³/mol. The van der Waals surface area contributed by atoms with Gasteiger partial charge in [0.05, 0.1) is 17.0 Å². The van der Waals surface area contributed by atoms with Gasteiger partial charge in [-0.25, -0.2) is 9.18 Å². The van der Waals surface area contributed by atoms with Crippen LogP contribution in [0.15, 0.2) is 17.1 Å². The molecule has 0 aliphatic heterocycles. The summed E-state index contributed by atoms with van der Waals surface area (Å²) in [5.74, 6) is -1.78. The van der Waals surface area contributed by atoms with E-state index in [9.17, 15) is 19.8 Å². The van der Waals surface area contributed by atoms with Crippen molar-refractivity contribution in [3.63, 3.8) is 0 Å². The smallest absolute Gasteiger partial charge is 0.341 e. The van der Waals surface area contributed by atoms with Crippen LogP contribution in [0.5, 0.6) is 0 Å². The number of pyridine rings is 1. The molecule has 0 amide bonds. The lowest BCUT2D eigenvalue weighted by molar-refractivity contribution is 0.0695. The standard InChI is InChI=1S/C23H22FNO4S/c1-10-18-20(25(13-6-7-13)9-14(21(18)27)23(28)29)11(2)17(19(10)24)16-8-12-4-3-5-15(26)22(12)30-16/h8-9,13,15,26H,3-7H2,1-2H3,(H,28,29). The third kappa shape index (κ3) is 2.76. The zero-order valence-corrected chi connectivity index (χ0v) is 17.6. The predicted octanol–water partition coefficient (Wildman–Crippen LogP) is 4.89. The number of hydrogen-bond donors (Lipinski definition) is 2. The van der Waals surface area contributed by atoms with Gasteiger partial charge in [0, 0.05) is 27.6 Å². The molecule has 30 heavy (non-hydrogen) atoms. The fraction of sp³-hybridized carbons (Fsp3) is 0.391. The zero-order valence-electron chi connectivity index (χ0n) is 16.8. The van der Waals surface area contributed by atoms with Gasteiger partial charge in [0.2, 0.25) is 5.43 Å². The van der Waals surface area contributed by atoms with E-state index in [1.54, 1.807) is 13.8 Å². The Hall–Kier alpha value is -2.51. The number of halogens is 1. The Morgan fingerprint density at radius 2 is 1.97 bits per heavy atom. The Bertz CT molecular complexity index is 1290. The lowest BCUT2D eigenvalue weighted by atomic mass is 9.93. The van der Waals surface area contributed by atoms with E-state index in [1.165, 1.54) is 17.5 Å². The number of carboxylic acids is 1. The lowest BCUT2D eigenvalue weighted by Gasteiger charge is -2.19. The molecule has 1 saturated carbocycles. The number of aliphatic hydroxyl groups excluding tert-OH is 1. The fourth-order valence-electron chi connectivity index (χ4n) is 4.69. The highest BCUT2D eigenvalue weighted by molar-refractivity contribution is 7.15. The first kappa shape index (κ1) is 19.5. The van der Waals surface area contributed by atoms with Gasteiger partial charge in [-0.2, -0.15) is 0 Å². The van der Waals surface area contributed by atoms with Crippen molar-refractivity contribution < 1.29 is 19.4 Å². The molecule has 0 spiro atoms. The van der Waals surface area contributed by atoms with Gasteiger partial charge in [-0.15, -0.1) is 11.3 Å². The number of fused-ring (bicyclic) bond motifs is 2. The van der Waals surface area contributed by atoms with Crippen molar-refractivity contribution >= 4 is 28.2 Å². The molecule has 2 aliphatic rings. The molecule has 2 aromatic heterocycles. The second-order valence-electron chi connectivity index (χ2n) is 8.39. The van der Waals surface area contributed by atoms with Crippen LogP contribution < -0.4 is 5.43 Å². The minimum Gasteiger partial charge on any atom is -0.477 e. The van der Waals surface area contributed by atoms with Gasteiger partial charge in [-0.05, 0) is 68.7 Å². The summed E-state index contributed by atoms with van der Waals surface area (Å²) in [6.45, 7) is 3.35. The van der Waals surface area contributed by atoms with Crippen molar-refractivity contribution in [1.29, 1.82) is 0 Å². The van der Waals surface area contributed by atoms with Gasteiger partial charge in [0.1, 0.15) is 11.4 Å². The molecule has 7 heteroatoms. The SMILES string of the molecule is Cc1c(F)c(-c2cc3c(s2)C(O)CCC3)c(C)c2c1c(=O)c(C(=O)O)cn2C1CC1. The van der Waals surface area contributed by atoms with Gasteiger partial charge in [-0.1, -0.05) is 0 Å². The fourth-order valence-corrected chi connectivity index (χ4v) is 6.02. The molecular formula is C23H22FNO4S. The maximum absolute atomic E-state index is 15.6. The number of aryl methyl sites for hydroxylation is 3. The number of carbonyl (C=O) groups is 1. The van der Waals surface area contributed by atoms with Crippen LogP contribution in [0.25, 0.3) is 21.3 Å². The average Bonchev–Trinajstić information content (AvgIpc) is 3.45. The number of aliphatic hydroxyl groups is 1. The number of benzene rings is 1. The normalized spacial score (nSPS) is 18.6. The number of thiophene rings is 1. The minimum absolute atomic E-state index is 0.126. The molecule has 1 atom stereocenters. The van der Waals surface area contributed by atoms with Gasteiger partial charge in [0.15, 0.2) is 0 Å². The number of aromatic carboxylic acids is 1. The van der Waals surface area contributed by atoms with Crippen molar-refractivity contribution in [1.82, 2.24) is 4.57 Å². The second-order valence-corrected chi connectivity index (χ2v) is 9.47. The molecule has 0 bridgehead atoms. The summed E-state index contributed by atoms with van der Waals surface area (Å²) in [7, 11) is 0. The first-order valence-corrected chi connectivity index (χ1v) is 11.0. The van der Waals surface area contributed by atoms with Gasteiger partial charge in [0.25, 0.3) is 0 Å². The van der Waals surface area contributed by atoms with Crippen molar-refractivity contribution in [3.05, 3.63) is 55.4 Å². The quantitative estimate of drug-likeness (QED) is 0.624. The summed E-state index contributed by atoms with van der Waals surface area (Å²) >= 11 is 1.41. The monoisotopic (exact) mass is 427 g/mol. The molecule has 0 saturated heterocycles. The molecule has 2 heterocycles.